The maximum absolute atomic E-state index is 13.8. The van der Waals surface area contributed by atoms with Gasteiger partial charge < -0.3 is 10.2 Å². The van der Waals surface area contributed by atoms with Gasteiger partial charge in [0.25, 0.3) is 0 Å². The number of carbonyl (C=O) groups is 2. The van der Waals surface area contributed by atoms with Gasteiger partial charge in [-0.2, -0.15) is 0 Å². The fourth-order valence-electron chi connectivity index (χ4n) is 4.27. The molecule has 2 amide bonds. The SMILES string of the molecule is CCNC(=O)[C@H](Cc1ccccc1)N(Cc1ccccc1)C(=O)CCCN(c1ccc(F)c(F)c1)S(C)(=O)=O. The fourth-order valence-corrected chi connectivity index (χ4v) is 5.23. The largest absolute Gasteiger partial charge is 0.355 e. The summed E-state index contributed by atoms with van der Waals surface area (Å²) in [6, 6.07) is 20.7. The van der Waals surface area contributed by atoms with Crippen LogP contribution in [-0.4, -0.2) is 50.5 Å². The van der Waals surface area contributed by atoms with Crippen molar-refractivity contribution in [2.75, 3.05) is 23.7 Å². The van der Waals surface area contributed by atoms with Crippen molar-refractivity contribution in [1.29, 1.82) is 0 Å². The average molecular weight is 558 g/mol. The van der Waals surface area contributed by atoms with Crippen LogP contribution in [0.2, 0.25) is 0 Å². The standard InChI is InChI=1S/C29H33F2N3O4S/c1-3-32-29(36)27(19-22-11-6-4-7-12-22)33(21-23-13-8-5-9-14-23)28(35)15-10-18-34(39(2,37)38)24-16-17-25(30)26(31)20-24/h4-9,11-14,16-17,20,27H,3,10,15,18-19,21H2,1-2H3,(H,32,36)/t27-/m0/s1. The molecule has 10 heteroatoms. The van der Waals surface area contributed by atoms with Crippen LogP contribution in [0, 0.1) is 11.6 Å². The quantitative estimate of drug-likeness (QED) is 0.340. The van der Waals surface area contributed by atoms with Crippen LogP contribution in [0.15, 0.2) is 78.9 Å². The number of carbonyl (C=O) groups excluding carboxylic acids is 2. The number of nitrogens with one attached hydrogen (secondary N) is 1. The average Bonchev–Trinajstić information content (AvgIpc) is 2.91. The van der Waals surface area contributed by atoms with Gasteiger partial charge in [-0.3, -0.25) is 13.9 Å². The van der Waals surface area contributed by atoms with Crippen LogP contribution >= 0.6 is 0 Å². The minimum atomic E-state index is -3.84. The summed E-state index contributed by atoms with van der Waals surface area (Å²) in [6.45, 7) is 2.26. The normalized spacial score (nSPS) is 12.0. The number of nitrogens with zero attached hydrogens (tertiary/aromatic N) is 2. The third-order valence-electron chi connectivity index (χ3n) is 6.16. The first kappa shape index (κ1) is 29.8. The van der Waals surface area contributed by atoms with E-state index >= 15 is 0 Å². The fraction of sp³-hybridized carbons (Fsp3) is 0.310. The third-order valence-corrected chi connectivity index (χ3v) is 7.36. The highest BCUT2D eigenvalue weighted by atomic mass is 32.2. The van der Waals surface area contributed by atoms with E-state index in [1.807, 2.05) is 60.7 Å². The Morgan fingerprint density at radius 3 is 2.08 bits per heavy atom. The van der Waals surface area contributed by atoms with Crippen molar-refractivity contribution >= 4 is 27.5 Å². The highest BCUT2D eigenvalue weighted by Gasteiger charge is 2.30. The molecule has 0 saturated heterocycles. The van der Waals surface area contributed by atoms with Crippen molar-refractivity contribution < 1.29 is 26.8 Å². The van der Waals surface area contributed by atoms with Gasteiger partial charge in [-0.15, -0.1) is 0 Å². The summed E-state index contributed by atoms with van der Waals surface area (Å²) in [7, 11) is -3.84. The molecule has 1 atom stereocenters. The molecular formula is C29H33F2N3O4S. The van der Waals surface area contributed by atoms with Crippen molar-refractivity contribution in [2.24, 2.45) is 0 Å². The molecule has 0 fully saturated rings. The van der Waals surface area contributed by atoms with Crippen LogP contribution in [0.3, 0.4) is 0 Å². The lowest BCUT2D eigenvalue weighted by atomic mass is 10.0. The number of amides is 2. The highest BCUT2D eigenvalue weighted by molar-refractivity contribution is 7.92. The third kappa shape index (κ3) is 8.61. The summed E-state index contributed by atoms with van der Waals surface area (Å²) in [6.07, 6.45) is 1.30. The molecule has 0 aliphatic rings. The van der Waals surface area contributed by atoms with Crippen molar-refractivity contribution in [3.05, 3.63) is 102 Å². The number of sulfonamides is 1. The van der Waals surface area contributed by atoms with Gasteiger partial charge in [-0.1, -0.05) is 60.7 Å². The van der Waals surface area contributed by atoms with Gasteiger partial charge in [0, 0.05) is 38.5 Å². The van der Waals surface area contributed by atoms with Gasteiger partial charge in [0.15, 0.2) is 11.6 Å². The number of rotatable bonds is 13. The second kappa shape index (κ2) is 13.8. The lowest BCUT2D eigenvalue weighted by Crippen LogP contribution is -2.50. The second-order valence-corrected chi connectivity index (χ2v) is 11.1. The predicted molar refractivity (Wildman–Crippen MR) is 147 cm³/mol. The maximum atomic E-state index is 13.8. The minimum Gasteiger partial charge on any atom is -0.355 e. The summed E-state index contributed by atoms with van der Waals surface area (Å²) in [5, 5.41) is 2.83. The summed E-state index contributed by atoms with van der Waals surface area (Å²) in [5.41, 5.74) is 1.70. The van der Waals surface area contributed by atoms with Gasteiger partial charge in [-0.05, 0) is 36.6 Å². The topological polar surface area (TPSA) is 86.8 Å². The zero-order chi connectivity index (χ0) is 28.4. The van der Waals surface area contributed by atoms with Crippen molar-refractivity contribution in [1.82, 2.24) is 10.2 Å². The van der Waals surface area contributed by atoms with Crippen LogP contribution in [0.25, 0.3) is 0 Å². The Bertz CT molecular complexity index is 1360. The van der Waals surface area contributed by atoms with E-state index in [1.54, 1.807) is 6.92 Å². The summed E-state index contributed by atoms with van der Waals surface area (Å²) in [5.74, 6) is -2.87. The Morgan fingerprint density at radius 1 is 0.897 bits per heavy atom. The first-order valence-electron chi connectivity index (χ1n) is 12.7. The number of likely N-dealkylation sites (N-methyl/N-ethyl adjacent to an activating group) is 1. The van der Waals surface area contributed by atoms with E-state index in [9.17, 15) is 26.8 Å². The van der Waals surface area contributed by atoms with E-state index in [2.05, 4.69) is 5.32 Å². The van der Waals surface area contributed by atoms with E-state index < -0.39 is 27.7 Å². The molecule has 1 N–H and O–H groups in total. The van der Waals surface area contributed by atoms with Crippen LogP contribution in [0.5, 0.6) is 0 Å². The van der Waals surface area contributed by atoms with E-state index in [0.29, 0.717) is 13.0 Å². The number of benzene rings is 3. The molecule has 0 radical (unpaired) electrons. The van der Waals surface area contributed by atoms with Crippen molar-refractivity contribution in [3.8, 4) is 0 Å². The first-order chi connectivity index (χ1) is 18.6. The molecule has 0 heterocycles. The monoisotopic (exact) mass is 557 g/mol. The second-order valence-electron chi connectivity index (χ2n) is 9.14. The Labute approximate surface area is 228 Å². The molecule has 0 bridgehead atoms. The van der Waals surface area contributed by atoms with Gasteiger partial charge in [0.05, 0.1) is 11.9 Å². The number of halogens is 2. The van der Waals surface area contributed by atoms with Crippen LogP contribution in [0.1, 0.15) is 30.9 Å². The lowest BCUT2D eigenvalue weighted by molar-refractivity contribution is -0.141. The summed E-state index contributed by atoms with van der Waals surface area (Å²) < 4.78 is 53.0. The molecule has 3 aromatic carbocycles. The molecule has 39 heavy (non-hydrogen) atoms. The molecule has 0 spiro atoms. The number of hydrogen-bond acceptors (Lipinski definition) is 4. The van der Waals surface area contributed by atoms with Gasteiger partial charge >= 0.3 is 0 Å². The van der Waals surface area contributed by atoms with E-state index in [-0.39, 0.29) is 43.4 Å². The predicted octanol–water partition coefficient (Wildman–Crippen LogP) is 4.29. The smallest absolute Gasteiger partial charge is 0.243 e. The molecule has 0 aromatic heterocycles. The molecule has 0 saturated carbocycles. The van der Waals surface area contributed by atoms with Crippen molar-refractivity contribution in [3.63, 3.8) is 0 Å². The van der Waals surface area contributed by atoms with E-state index in [0.717, 1.165) is 33.8 Å². The van der Waals surface area contributed by atoms with Crippen LogP contribution < -0.4 is 9.62 Å². The Morgan fingerprint density at radius 2 is 1.51 bits per heavy atom. The maximum Gasteiger partial charge on any atom is 0.243 e. The van der Waals surface area contributed by atoms with E-state index in [4.69, 9.17) is 0 Å². The van der Waals surface area contributed by atoms with Crippen molar-refractivity contribution in [2.45, 2.75) is 38.8 Å². The molecule has 3 rings (SSSR count). The summed E-state index contributed by atoms with van der Waals surface area (Å²) >= 11 is 0. The molecule has 3 aromatic rings. The van der Waals surface area contributed by atoms with Crippen LogP contribution in [-0.2, 0) is 32.6 Å². The molecule has 0 unspecified atom stereocenters. The summed E-state index contributed by atoms with van der Waals surface area (Å²) in [4.78, 5) is 28.3. The van der Waals surface area contributed by atoms with Gasteiger partial charge in [-0.25, -0.2) is 17.2 Å². The lowest BCUT2D eigenvalue weighted by Gasteiger charge is -2.32. The number of hydrogen-bond donors (Lipinski definition) is 1. The molecule has 0 aliphatic heterocycles. The van der Waals surface area contributed by atoms with Crippen LogP contribution in [0.4, 0.5) is 14.5 Å². The first-order valence-corrected chi connectivity index (χ1v) is 14.5. The molecule has 0 aliphatic carbocycles. The molecular weight excluding hydrogens is 524 g/mol. The highest BCUT2D eigenvalue weighted by Crippen LogP contribution is 2.22. The Balaban J connectivity index is 1.84. The Hall–Kier alpha value is -3.79. The van der Waals surface area contributed by atoms with Gasteiger partial charge in [0.1, 0.15) is 6.04 Å². The molecule has 208 valence electrons. The Kier molecular flexibility index (Phi) is 10.6. The number of anilines is 1. The molecule has 7 nitrogen and oxygen atoms in total. The minimum absolute atomic E-state index is 0.0331. The van der Waals surface area contributed by atoms with Gasteiger partial charge in [0.2, 0.25) is 21.8 Å². The zero-order valence-electron chi connectivity index (χ0n) is 22.0. The zero-order valence-corrected chi connectivity index (χ0v) is 22.8. The van der Waals surface area contributed by atoms with E-state index in [1.165, 1.54) is 11.0 Å².